The van der Waals surface area contributed by atoms with Gasteiger partial charge in [0.1, 0.15) is 0 Å². The lowest BCUT2D eigenvalue weighted by atomic mass is 9.97. The van der Waals surface area contributed by atoms with Crippen LogP contribution in [0.3, 0.4) is 0 Å². The van der Waals surface area contributed by atoms with Crippen molar-refractivity contribution in [2.24, 2.45) is 5.92 Å². The summed E-state index contributed by atoms with van der Waals surface area (Å²) in [6.07, 6.45) is 1.33. The van der Waals surface area contributed by atoms with Gasteiger partial charge in [0.05, 0.1) is 26.2 Å². The van der Waals surface area contributed by atoms with Crippen LogP contribution in [0.1, 0.15) is 26.7 Å². The van der Waals surface area contributed by atoms with Crippen molar-refractivity contribution in [3.8, 4) is 0 Å². The average molecular weight is 286 g/mol. The monoisotopic (exact) mass is 286 g/mol. The Hall–Kier alpha value is -1.14. The number of carbonyl (C=O) groups is 2. The smallest absolute Gasteiger partial charge is 0.308 e. The summed E-state index contributed by atoms with van der Waals surface area (Å²) in [4.78, 5) is 27.4. The van der Waals surface area contributed by atoms with Crippen molar-refractivity contribution < 1.29 is 19.4 Å². The van der Waals surface area contributed by atoms with Gasteiger partial charge in [0.2, 0.25) is 5.91 Å². The minimum absolute atomic E-state index is 0.0515. The van der Waals surface area contributed by atoms with Gasteiger partial charge in [-0.2, -0.15) is 0 Å². The van der Waals surface area contributed by atoms with Crippen LogP contribution < -0.4 is 0 Å². The minimum Gasteiger partial charge on any atom is -0.469 e. The number of rotatable bonds is 6. The van der Waals surface area contributed by atoms with Gasteiger partial charge in [0.15, 0.2) is 0 Å². The van der Waals surface area contributed by atoms with Crippen molar-refractivity contribution in [2.45, 2.75) is 32.7 Å². The van der Waals surface area contributed by atoms with Gasteiger partial charge in [-0.3, -0.25) is 14.5 Å². The highest BCUT2D eigenvalue weighted by Gasteiger charge is 2.28. The molecule has 1 heterocycles. The van der Waals surface area contributed by atoms with Crippen LogP contribution in [0.15, 0.2) is 0 Å². The summed E-state index contributed by atoms with van der Waals surface area (Å²) in [5.74, 6) is -0.195. The van der Waals surface area contributed by atoms with E-state index in [1.165, 1.54) is 7.11 Å². The Kier molecular flexibility index (Phi) is 6.95. The molecule has 1 saturated heterocycles. The largest absolute Gasteiger partial charge is 0.469 e. The van der Waals surface area contributed by atoms with Crippen LogP contribution in [0.4, 0.5) is 0 Å². The molecule has 1 rings (SSSR count). The summed E-state index contributed by atoms with van der Waals surface area (Å²) in [6.45, 7) is 6.09. The van der Waals surface area contributed by atoms with Gasteiger partial charge in [0.25, 0.3) is 0 Å². The number of hydrogen-bond donors (Lipinski definition) is 1. The van der Waals surface area contributed by atoms with E-state index in [4.69, 9.17) is 9.84 Å². The van der Waals surface area contributed by atoms with E-state index in [1.54, 1.807) is 4.90 Å². The molecule has 0 atom stereocenters. The third-order valence-electron chi connectivity index (χ3n) is 3.84. The average Bonchev–Trinajstić information content (AvgIpc) is 2.45. The number of likely N-dealkylation sites (tertiary alicyclic amines) is 1. The van der Waals surface area contributed by atoms with Crippen LogP contribution in [-0.4, -0.2) is 72.7 Å². The molecule has 1 N–H and O–H groups in total. The number of methoxy groups -OCH3 is 1. The van der Waals surface area contributed by atoms with Crippen LogP contribution in [-0.2, 0) is 14.3 Å². The zero-order chi connectivity index (χ0) is 15.1. The fourth-order valence-corrected chi connectivity index (χ4v) is 2.45. The fraction of sp³-hybridized carbons (Fsp3) is 0.857. The normalized spacial score (nSPS) is 16.8. The molecule has 0 aromatic carbocycles. The van der Waals surface area contributed by atoms with E-state index in [9.17, 15) is 9.59 Å². The Bertz CT molecular complexity index is 325. The zero-order valence-electron chi connectivity index (χ0n) is 12.7. The van der Waals surface area contributed by atoms with Gasteiger partial charge in [-0.1, -0.05) is 0 Å². The number of ether oxygens (including phenoxy) is 1. The first-order valence-electron chi connectivity index (χ1n) is 7.20. The zero-order valence-corrected chi connectivity index (χ0v) is 12.7. The first-order valence-corrected chi connectivity index (χ1v) is 7.20. The number of carbonyl (C=O) groups excluding carboxylic acids is 2. The van der Waals surface area contributed by atoms with Gasteiger partial charge in [-0.05, 0) is 26.7 Å². The van der Waals surface area contributed by atoms with Crippen molar-refractivity contribution in [1.29, 1.82) is 0 Å². The molecule has 1 aliphatic rings. The van der Waals surface area contributed by atoms with Crippen LogP contribution in [0.2, 0.25) is 0 Å². The molecule has 1 amide bonds. The molecule has 116 valence electrons. The maximum atomic E-state index is 12.2. The van der Waals surface area contributed by atoms with Crippen molar-refractivity contribution in [3.63, 3.8) is 0 Å². The topological polar surface area (TPSA) is 70.1 Å². The van der Waals surface area contributed by atoms with E-state index in [0.717, 1.165) is 0 Å². The number of hydrogen-bond acceptors (Lipinski definition) is 5. The highest BCUT2D eigenvalue weighted by atomic mass is 16.5. The number of aliphatic hydroxyl groups is 1. The van der Waals surface area contributed by atoms with Gasteiger partial charge < -0.3 is 14.7 Å². The van der Waals surface area contributed by atoms with Crippen molar-refractivity contribution >= 4 is 11.9 Å². The third-order valence-corrected chi connectivity index (χ3v) is 3.84. The second-order valence-electron chi connectivity index (χ2n) is 5.47. The SMILES string of the molecule is COC(=O)C1CCN(C(=O)CN(CCO)C(C)C)CC1. The first-order chi connectivity index (χ1) is 9.49. The van der Waals surface area contributed by atoms with E-state index in [1.807, 2.05) is 18.7 Å². The number of amides is 1. The minimum atomic E-state index is -0.179. The highest BCUT2D eigenvalue weighted by Crippen LogP contribution is 2.18. The molecule has 0 aromatic rings. The molecular formula is C14H26N2O4. The summed E-state index contributed by atoms with van der Waals surface area (Å²) < 4.78 is 4.73. The van der Waals surface area contributed by atoms with Gasteiger partial charge >= 0.3 is 5.97 Å². The summed E-state index contributed by atoms with van der Waals surface area (Å²) in [6, 6.07) is 0.221. The fourth-order valence-electron chi connectivity index (χ4n) is 2.45. The molecule has 1 fully saturated rings. The van der Waals surface area contributed by atoms with Gasteiger partial charge in [-0.25, -0.2) is 0 Å². The quantitative estimate of drug-likeness (QED) is 0.701. The molecule has 0 spiro atoms. The Morgan fingerprint density at radius 3 is 2.40 bits per heavy atom. The van der Waals surface area contributed by atoms with E-state index >= 15 is 0 Å². The van der Waals surface area contributed by atoms with Crippen LogP contribution in [0.5, 0.6) is 0 Å². The van der Waals surface area contributed by atoms with E-state index in [-0.39, 0.29) is 30.4 Å². The molecule has 0 aromatic heterocycles. The van der Waals surface area contributed by atoms with Crippen molar-refractivity contribution in [1.82, 2.24) is 9.80 Å². The Balaban J connectivity index is 2.44. The Morgan fingerprint density at radius 2 is 1.95 bits per heavy atom. The predicted octanol–water partition coefficient (Wildman–Crippen LogP) is 0.101. The summed E-state index contributed by atoms with van der Waals surface area (Å²) in [5, 5.41) is 9.01. The molecule has 20 heavy (non-hydrogen) atoms. The molecule has 0 saturated carbocycles. The Labute approximate surface area is 120 Å². The number of esters is 1. The number of nitrogens with zero attached hydrogens (tertiary/aromatic N) is 2. The van der Waals surface area contributed by atoms with Crippen molar-refractivity contribution in [3.05, 3.63) is 0 Å². The highest BCUT2D eigenvalue weighted by molar-refractivity contribution is 5.79. The molecule has 0 radical (unpaired) electrons. The van der Waals surface area contributed by atoms with E-state index in [0.29, 0.717) is 39.0 Å². The Morgan fingerprint density at radius 1 is 1.35 bits per heavy atom. The lowest BCUT2D eigenvalue weighted by Crippen LogP contribution is -2.47. The van der Waals surface area contributed by atoms with E-state index < -0.39 is 0 Å². The molecule has 0 unspecified atom stereocenters. The summed E-state index contributed by atoms with van der Waals surface area (Å²) >= 11 is 0. The molecule has 1 aliphatic heterocycles. The van der Waals surface area contributed by atoms with Crippen molar-refractivity contribution in [2.75, 3.05) is 39.9 Å². The second-order valence-corrected chi connectivity index (χ2v) is 5.47. The van der Waals surface area contributed by atoms with E-state index in [2.05, 4.69) is 0 Å². The maximum absolute atomic E-state index is 12.2. The lowest BCUT2D eigenvalue weighted by molar-refractivity contribution is -0.149. The van der Waals surface area contributed by atoms with Crippen LogP contribution >= 0.6 is 0 Å². The second kappa shape index (κ2) is 8.21. The van der Waals surface area contributed by atoms with Gasteiger partial charge in [0, 0.05) is 25.7 Å². The molecule has 6 nitrogen and oxygen atoms in total. The van der Waals surface area contributed by atoms with Crippen LogP contribution in [0.25, 0.3) is 0 Å². The molecule has 0 bridgehead atoms. The maximum Gasteiger partial charge on any atom is 0.308 e. The molecule has 0 aliphatic carbocycles. The number of piperidine rings is 1. The summed E-state index contributed by atoms with van der Waals surface area (Å²) in [7, 11) is 1.40. The summed E-state index contributed by atoms with van der Waals surface area (Å²) in [5.41, 5.74) is 0. The van der Waals surface area contributed by atoms with Crippen LogP contribution in [0, 0.1) is 5.92 Å². The van der Waals surface area contributed by atoms with Gasteiger partial charge in [-0.15, -0.1) is 0 Å². The molecular weight excluding hydrogens is 260 g/mol. The number of aliphatic hydroxyl groups excluding tert-OH is 1. The third kappa shape index (κ3) is 4.76. The molecule has 6 heteroatoms. The standard InChI is InChI=1S/C14H26N2O4/c1-11(2)16(8-9-17)10-13(18)15-6-4-12(5-7-15)14(19)20-3/h11-12,17H,4-10H2,1-3H3. The first kappa shape index (κ1) is 16.9. The predicted molar refractivity (Wildman–Crippen MR) is 75.1 cm³/mol. The lowest BCUT2D eigenvalue weighted by Gasteiger charge is -2.33.